The molecular formula is C14H15N3OS. The van der Waals surface area contributed by atoms with Crippen molar-refractivity contribution in [2.75, 3.05) is 0 Å². The molecule has 0 spiro atoms. The lowest BCUT2D eigenvalue weighted by Gasteiger charge is -2.26. The number of hydrogen-bond donors (Lipinski definition) is 2. The predicted molar refractivity (Wildman–Crippen MR) is 75.3 cm³/mol. The Morgan fingerprint density at radius 1 is 1.32 bits per heavy atom. The number of fused-ring (bicyclic) bond motifs is 1. The van der Waals surface area contributed by atoms with Crippen molar-refractivity contribution < 1.29 is 5.11 Å². The van der Waals surface area contributed by atoms with Crippen molar-refractivity contribution in [2.24, 2.45) is 0 Å². The number of nitriles is 1. The van der Waals surface area contributed by atoms with Gasteiger partial charge in [0.25, 0.3) is 0 Å². The van der Waals surface area contributed by atoms with E-state index in [4.69, 9.17) is 17.5 Å². The summed E-state index contributed by atoms with van der Waals surface area (Å²) in [6.07, 6.45) is 3.39. The fourth-order valence-electron chi connectivity index (χ4n) is 2.88. The molecule has 2 aromatic rings. The molecule has 0 amide bonds. The Balaban J connectivity index is 2.06. The number of nitrogens with one attached hydrogen (secondary N) is 1. The van der Waals surface area contributed by atoms with Crippen LogP contribution in [0.3, 0.4) is 0 Å². The highest BCUT2D eigenvalue weighted by atomic mass is 32.1. The summed E-state index contributed by atoms with van der Waals surface area (Å²) in [6, 6.07) is 8.08. The Kier molecular flexibility index (Phi) is 3.13. The second-order valence-electron chi connectivity index (χ2n) is 5.11. The molecule has 2 N–H and O–H groups in total. The van der Waals surface area contributed by atoms with Crippen molar-refractivity contribution in [3.05, 3.63) is 28.5 Å². The van der Waals surface area contributed by atoms with Crippen LogP contribution in [0.1, 0.15) is 37.3 Å². The van der Waals surface area contributed by atoms with Crippen molar-refractivity contribution >= 4 is 23.3 Å². The third-order valence-electron chi connectivity index (χ3n) is 3.88. The van der Waals surface area contributed by atoms with E-state index in [0.29, 0.717) is 16.4 Å². The third-order valence-corrected chi connectivity index (χ3v) is 4.18. The predicted octanol–water partition coefficient (Wildman–Crippen LogP) is 3.05. The molecule has 1 saturated carbocycles. The van der Waals surface area contributed by atoms with Gasteiger partial charge >= 0.3 is 0 Å². The maximum absolute atomic E-state index is 9.60. The van der Waals surface area contributed by atoms with Gasteiger partial charge in [0.15, 0.2) is 4.77 Å². The average Bonchev–Trinajstić information content (AvgIpc) is 2.74. The number of aromatic amines is 1. The highest BCUT2D eigenvalue weighted by molar-refractivity contribution is 7.71. The van der Waals surface area contributed by atoms with Crippen LogP contribution in [0.2, 0.25) is 0 Å². The zero-order valence-electron chi connectivity index (χ0n) is 10.5. The normalized spacial score (nSPS) is 23.4. The van der Waals surface area contributed by atoms with Crippen LogP contribution >= 0.6 is 12.2 Å². The number of aromatic nitrogens is 2. The van der Waals surface area contributed by atoms with E-state index < -0.39 is 0 Å². The molecule has 1 aromatic heterocycles. The molecular weight excluding hydrogens is 258 g/mol. The fourth-order valence-corrected chi connectivity index (χ4v) is 3.24. The highest BCUT2D eigenvalue weighted by Crippen LogP contribution is 2.31. The number of benzene rings is 1. The summed E-state index contributed by atoms with van der Waals surface area (Å²) in [4.78, 5) is 3.17. The van der Waals surface area contributed by atoms with E-state index in [9.17, 15) is 5.11 Å². The van der Waals surface area contributed by atoms with Gasteiger partial charge in [-0.15, -0.1) is 0 Å². The van der Waals surface area contributed by atoms with Gasteiger partial charge < -0.3 is 14.7 Å². The van der Waals surface area contributed by atoms with Gasteiger partial charge in [-0.1, -0.05) is 0 Å². The van der Waals surface area contributed by atoms with E-state index in [-0.39, 0.29) is 6.10 Å². The molecule has 5 heteroatoms. The summed E-state index contributed by atoms with van der Waals surface area (Å²) < 4.78 is 2.84. The van der Waals surface area contributed by atoms with Crippen LogP contribution in [0.25, 0.3) is 11.0 Å². The van der Waals surface area contributed by atoms with Crippen LogP contribution < -0.4 is 0 Å². The van der Waals surface area contributed by atoms with Gasteiger partial charge in [-0.25, -0.2) is 0 Å². The van der Waals surface area contributed by atoms with Gasteiger partial charge in [0.2, 0.25) is 0 Å². The lowest BCUT2D eigenvalue weighted by atomic mass is 9.93. The van der Waals surface area contributed by atoms with Gasteiger partial charge in [0, 0.05) is 6.04 Å². The standard InChI is InChI=1S/C14H15N3OS/c15-8-9-1-6-13-12(7-9)16-14(19)17(13)10-2-4-11(18)5-3-10/h1,6-7,10-11,18H,2-5H2,(H,16,19)/t10-,11-. The van der Waals surface area contributed by atoms with E-state index in [2.05, 4.69) is 15.6 Å². The van der Waals surface area contributed by atoms with Gasteiger partial charge in [-0.3, -0.25) is 0 Å². The number of nitrogens with zero attached hydrogens (tertiary/aromatic N) is 2. The zero-order valence-corrected chi connectivity index (χ0v) is 11.3. The lowest BCUT2D eigenvalue weighted by Crippen LogP contribution is -2.21. The minimum absolute atomic E-state index is 0.166. The number of aliphatic hydroxyl groups excluding tert-OH is 1. The summed E-state index contributed by atoms with van der Waals surface area (Å²) in [5.41, 5.74) is 2.59. The highest BCUT2D eigenvalue weighted by Gasteiger charge is 2.22. The number of H-pyrrole nitrogens is 1. The van der Waals surface area contributed by atoms with Gasteiger partial charge in [-0.05, 0) is 56.1 Å². The van der Waals surface area contributed by atoms with Crippen molar-refractivity contribution in [3.63, 3.8) is 0 Å². The molecule has 4 nitrogen and oxygen atoms in total. The van der Waals surface area contributed by atoms with Gasteiger partial charge in [-0.2, -0.15) is 5.26 Å². The van der Waals surface area contributed by atoms with Crippen molar-refractivity contribution in [1.82, 2.24) is 9.55 Å². The van der Waals surface area contributed by atoms with Gasteiger partial charge in [0.1, 0.15) is 0 Å². The second-order valence-corrected chi connectivity index (χ2v) is 5.49. The molecule has 3 rings (SSSR count). The van der Waals surface area contributed by atoms with E-state index in [0.717, 1.165) is 36.7 Å². The Morgan fingerprint density at radius 2 is 2.05 bits per heavy atom. The number of rotatable bonds is 1. The quantitative estimate of drug-likeness (QED) is 0.785. The topological polar surface area (TPSA) is 64.7 Å². The van der Waals surface area contributed by atoms with Crippen LogP contribution in [0.15, 0.2) is 18.2 Å². The number of aliphatic hydroxyl groups is 1. The summed E-state index contributed by atoms with van der Waals surface area (Å²) in [6.45, 7) is 0. The fraction of sp³-hybridized carbons (Fsp3) is 0.429. The van der Waals surface area contributed by atoms with Crippen LogP contribution in [-0.2, 0) is 0 Å². The Hall–Kier alpha value is -1.64. The molecule has 0 saturated heterocycles. The molecule has 0 unspecified atom stereocenters. The van der Waals surface area contributed by atoms with Crippen molar-refractivity contribution in [2.45, 2.75) is 37.8 Å². The molecule has 1 heterocycles. The van der Waals surface area contributed by atoms with E-state index in [1.807, 2.05) is 18.2 Å². The Labute approximate surface area is 116 Å². The molecule has 1 fully saturated rings. The monoisotopic (exact) mass is 273 g/mol. The summed E-state index contributed by atoms with van der Waals surface area (Å²) in [5, 5.41) is 18.5. The molecule has 0 aliphatic heterocycles. The average molecular weight is 273 g/mol. The molecule has 0 bridgehead atoms. The van der Waals surface area contributed by atoms with E-state index >= 15 is 0 Å². The first-order valence-corrected chi connectivity index (χ1v) is 6.92. The number of imidazole rings is 1. The first-order chi connectivity index (χ1) is 9.19. The minimum Gasteiger partial charge on any atom is -0.393 e. The molecule has 1 aromatic carbocycles. The maximum atomic E-state index is 9.60. The van der Waals surface area contributed by atoms with Gasteiger partial charge in [0.05, 0.1) is 28.8 Å². The summed E-state index contributed by atoms with van der Waals surface area (Å²) in [7, 11) is 0. The third kappa shape index (κ3) is 2.18. The summed E-state index contributed by atoms with van der Waals surface area (Å²) >= 11 is 5.40. The SMILES string of the molecule is N#Cc1ccc2c(c1)[nH]c(=S)n2[C@H]1CC[C@H](O)CC1. The zero-order chi connectivity index (χ0) is 13.4. The van der Waals surface area contributed by atoms with Crippen molar-refractivity contribution in [1.29, 1.82) is 5.26 Å². The maximum Gasteiger partial charge on any atom is 0.178 e. The molecule has 98 valence electrons. The first kappa shape index (κ1) is 12.4. The van der Waals surface area contributed by atoms with Crippen LogP contribution in [-0.4, -0.2) is 20.8 Å². The van der Waals surface area contributed by atoms with Crippen molar-refractivity contribution in [3.8, 4) is 6.07 Å². The Morgan fingerprint density at radius 3 is 2.74 bits per heavy atom. The van der Waals surface area contributed by atoms with Crippen LogP contribution in [0.4, 0.5) is 0 Å². The number of hydrogen-bond acceptors (Lipinski definition) is 3. The molecule has 0 atom stereocenters. The van der Waals surface area contributed by atoms with E-state index in [1.54, 1.807) is 0 Å². The van der Waals surface area contributed by atoms with E-state index in [1.165, 1.54) is 0 Å². The van der Waals surface area contributed by atoms with Crippen LogP contribution in [0.5, 0.6) is 0 Å². The first-order valence-electron chi connectivity index (χ1n) is 6.51. The molecule has 0 radical (unpaired) electrons. The van der Waals surface area contributed by atoms with Crippen LogP contribution in [0, 0.1) is 16.1 Å². The lowest BCUT2D eigenvalue weighted by molar-refractivity contribution is 0.111. The molecule has 1 aliphatic rings. The second kappa shape index (κ2) is 4.80. The largest absolute Gasteiger partial charge is 0.393 e. The molecule has 1 aliphatic carbocycles. The Bertz CT molecular complexity index is 702. The minimum atomic E-state index is -0.166. The summed E-state index contributed by atoms with van der Waals surface area (Å²) in [5.74, 6) is 0. The molecule has 19 heavy (non-hydrogen) atoms. The smallest absolute Gasteiger partial charge is 0.178 e.